The fourth-order valence-corrected chi connectivity index (χ4v) is 3.70. The van der Waals surface area contributed by atoms with Gasteiger partial charge in [-0.1, -0.05) is 53.3 Å². The van der Waals surface area contributed by atoms with Crippen molar-refractivity contribution in [2.75, 3.05) is 6.61 Å². The van der Waals surface area contributed by atoms with Crippen molar-refractivity contribution >= 4 is 33.8 Å². The minimum Gasteiger partial charge on any atom is -0.484 e. The molecule has 0 atom stereocenters. The van der Waals surface area contributed by atoms with E-state index in [1.54, 1.807) is 24.3 Å². The standard InChI is InChI=1S/C20H15ClN4O3S/c21-14-6-4-5-13(9-14)19-24-25-18(27)10-15(23-20(25)29-19)11-22-17(26)12-28-16-7-2-1-3-8-16/h1-10H,11-12H2,(H,22,26). The van der Waals surface area contributed by atoms with E-state index >= 15 is 0 Å². The van der Waals surface area contributed by atoms with E-state index < -0.39 is 0 Å². The number of rotatable bonds is 6. The second-order valence-electron chi connectivity index (χ2n) is 6.08. The summed E-state index contributed by atoms with van der Waals surface area (Å²) >= 11 is 7.30. The van der Waals surface area contributed by atoms with Crippen LogP contribution in [0.1, 0.15) is 5.69 Å². The van der Waals surface area contributed by atoms with Gasteiger partial charge in [-0.05, 0) is 24.3 Å². The van der Waals surface area contributed by atoms with Gasteiger partial charge in [-0.15, -0.1) is 0 Å². The molecule has 7 nitrogen and oxygen atoms in total. The number of fused-ring (bicyclic) bond motifs is 1. The van der Waals surface area contributed by atoms with Gasteiger partial charge in [0.15, 0.2) is 6.61 Å². The zero-order valence-corrected chi connectivity index (χ0v) is 16.6. The van der Waals surface area contributed by atoms with Crippen molar-refractivity contribution in [1.82, 2.24) is 19.9 Å². The molecule has 146 valence electrons. The molecule has 4 rings (SSSR count). The van der Waals surface area contributed by atoms with Crippen LogP contribution in [0.25, 0.3) is 15.5 Å². The Morgan fingerprint density at radius 2 is 1.97 bits per heavy atom. The largest absolute Gasteiger partial charge is 0.484 e. The van der Waals surface area contributed by atoms with E-state index in [0.29, 0.717) is 26.4 Å². The number of amides is 1. The van der Waals surface area contributed by atoms with Crippen LogP contribution >= 0.6 is 22.9 Å². The highest BCUT2D eigenvalue weighted by molar-refractivity contribution is 7.19. The molecule has 0 aliphatic carbocycles. The highest BCUT2D eigenvalue weighted by Gasteiger charge is 2.12. The maximum absolute atomic E-state index is 12.4. The zero-order chi connectivity index (χ0) is 20.2. The monoisotopic (exact) mass is 426 g/mol. The van der Waals surface area contributed by atoms with Crippen molar-refractivity contribution in [3.63, 3.8) is 0 Å². The van der Waals surface area contributed by atoms with Crippen LogP contribution in [0.3, 0.4) is 0 Å². The summed E-state index contributed by atoms with van der Waals surface area (Å²) < 4.78 is 6.64. The first-order valence-corrected chi connectivity index (χ1v) is 9.88. The first-order chi connectivity index (χ1) is 14.1. The Morgan fingerprint density at radius 3 is 2.76 bits per heavy atom. The molecule has 0 bridgehead atoms. The Kier molecular flexibility index (Phi) is 5.55. The van der Waals surface area contributed by atoms with Crippen molar-refractivity contribution in [3.05, 3.63) is 81.7 Å². The first-order valence-electron chi connectivity index (χ1n) is 8.69. The summed E-state index contributed by atoms with van der Waals surface area (Å²) in [4.78, 5) is 29.2. The van der Waals surface area contributed by atoms with Crippen molar-refractivity contribution in [2.45, 2.75) is 6.54 Å². The summed E-state index contributed by atoms with van der Waals surface area (Å²) in [6.07, 6.45) is 0. The van der Waals surface area contributed by atoms with Crippen LogP contribution in [0.4, 0.5) is 0 Å². The van der Waals surface area contributed by atoms with Gasteiger partial charge in [-0.3, -0.25) is 9.59 Å². The second kappa shape index (κ2) is 8.42. The number of nitrogens with zero attached hydrogens (tertiary/aromatic N) is 3. The Morgan fingerprint density at radius 1 is 1.14 bits per heavy atom. The number of nitrogens with one attached hydrogen (secondary N) is 1. The molecule has 29 heavy (non-hydrogen) atoms. The summed E-state index contributed by atoms with van der Waals surface area (Å²) in [7, 11) is 0. The third-order valence-corrected chi connectivity index (χ3v) is 5.14. The maximum atomic E-state index is 12.4. The van der Waals surface area contributed by atoms with E-state index in [-0.39, 0.29) is 24.6 Å². The lowest BCUT2D eigenvalue weighted by atomic mass is 10.2. The number of carbonyl (C=O) groups is 1. The average Bonchev–Trinajstić information content (AvgIpc) is 3.16. The van der Waals surface area contributed by atoms with Gasteiger partial charge in [0, 0.05) is 16.7 Å². The number of ether oxygens (including phenoxy) is 1. The minimum atomic E-state index is -0.315. The van der Waals surface area contributed by atoms with E-state index in [9.17, 15) is 9.59 Å². The molecule has 0 unspecified atom stereocenters. The summed E-state index contributed by atoms with van der Waals surface area (Å²) in [6, 6.07) is 17.6. The third kappa shape index (κ3) is 4.61. The number of hydrogen-bond donors (Lipinski definition) is 1. The van der Waals surface area contributed by atoms with Crippen molar-refractivity contribution in [3.8, 4) is 16.3 Å². The molecule has 0 radical (unpaired) electrons. The van der Waals surface area contributed by atoms with E-state index in [1.165, 1.54) is 21.9 Å². The molecule has 2 heterocycles. The van der Waals surface area contributed by atoms with Crippen molar-refractivity contribution in [1.29, 1.82) is 0 Å². The lowest BCUT2D eigenvalue weighted by Crippen LogP contribution is -2.29. The predicted octanol–water partition coefficient (Wildman–Crippen LogP) is 3.17. The van der Waals surface area contributed by atoms with Gasteiger partial charge in [0.25, 0.3) is 11.5 Å². The molecule has 0 saturated heterocycles. The van der Waals surface area contributed by atoms with Gasteiger partial charge in [-0.2, -0.15) is 9.61 Å². The molecular formula is C20H15ClN4O3S. The molecule has 0 aliphatic rings. The molecule has 1 N–H and O–H groups in total. The number of aromatic nitrogens is 3. The SMILES string of the molecule is O=C(COc1ccccc1)NCc1cc(=O)n2nc(-c3cccc(Cl)c3)sc2n1. The number of halogens is 1. The molecule has 2 aromatic carbocycles. The van der Waals surface area contributed by atoms with Crippen LogP contribution in [0.2, 0.25) is 5.02 Å². The average molecular weight is 427 g/mol. The normalized spacial score (nSPS) is 10.8. The number of carbonyl (C=O) groups excluding carboxylic acids is 1. The van der Waals surface area contributed by atoms with Crippen LogP contribution in [-0.4, -0.2) is 27.1 Å². The summed E-state index contributed by atoms with van der Waals surface area (Å²) in [5.41, 5.74) is 0.939. The van der Waals surface area contributed by atoms with E-state index in [2.05, 4.69) is 15.4 Å². The smallest absolute Gasteiger partial charge is 0.275 e. The van der Waals surface area contributed by atoms with Gasteiger partial charge in [0.2, 0.25) is 4.96 Å². The van der Waals surface area contributed by atoms with Crippen molar-refractivity contribution < 1.29 is 9.53 Å². The fourth-order valence-electron chi connectivity index (χ4n) is 2.59. The Bertz CT molecular complexity index is 1220. The van der Waals surface area contributed by atoms with Crippen LogP contribution in [-0.2, 0) is 11.3 Å². The molecular weight excluding hydrogens is 412 g/mol. The highest BCUT2D eigenvalue weighted by atomic mass is 35.5. The van der Waals surface area contributed by atoms with E-state index in [4.69, 9.17) is 16.3 Å². The lowest BCUT2D eigenvalue weighted by Gasteiger charge is -2.07. The van der Waals surface area contributed by atoms with Gasteiger partial charge >= 0.3 is 0 Å². The minimum absolute atomic E-state index is 0.118. The number of benzene rings is 2. The molecule has 1 amide bonds. The second-order valence-corrected chi connectivity index (χ2v) is 7.47. The van der Waals surface area contributed by atoms with Crippen LogP contribution in [0.15, 0.2) is 65.5 Å². The number of hydrogen-bond acceptors (Lipinski definition) is 6. The van der Waals surface area contributed by atoms with E-state index in [1.807, 2.05) is 30.3 Å². The topological polar surface area (TPSA) is 85.6 Å². The quantitative estimate of drug-likeness (QED) is 0.512. The fraction of sp³-hybridized carbons (Fsp3) is 0.100. The molecule has 9 heteroatoms. The third-order valence-electron chi connectivity index (χ3n) is 3.95. The molecule has 2 aromatic heterocycles. The predicted molar refractivity (Wildman–Crippen MR) is 111 cm³/mol. The maximum Gasteiger partial charge on any atom is 0.275 e. The Balaban J connectivity index is 1.45. The highest BCUT2D eigenvalue weighted by Crippen LogP contribution is 2.26. The molecule has 0 fully saturated rings. The van der Waals surface area contributed by atoms with Gasteiger partial charge in [-0.25, -0.2) is 4.98 Å². The van der Waals surface area contributed by atoms with E-state index in [0.717, 1.165) is 5.56 Å². The first kappa shape index (κ1) is 19.1. The molecule has 0 spiro atoms. The van der Waals surface area contributed by atoms with Crippen LogP contribution in [0, 0.1) is 0 Å². The van der Waals surface area contributed by atoms with Crippen LogP contribution in [0.5, 0.6) is 5.75 Å². The van der Waals surface area contributed by atoms with Crippen LogP contribution < -0.4 is 15.6 Å². The molecule has 0 aliphatic heterocycles. The number of para-hydroxylation sites is 1. The Hall–Kier alpha value is -3.23. The summed E-state index contributed by atoms with van der Waals surface area (Å²) in [6.45, 7) is -0.00215. The lowest BCUT2D eigenvalue weighted by molar-refractivity contribution is -0.123. The Labute approximate surface area is 174 Å². The van der Waals surface area contributed by atoms with Gasteiger partial charge in [0.05, 0.1) is 12.2 Å². The van der Waals surface area contributed by atoms with Crippen molar-refractivity contribution in [2.24, 2.45) is 0 Å². The molecule has 0 saturated carbocycles. The molecule has 4 aromatic rings. The summed E-state index contributed by atoms with van der Waals surface area (Å²) in [5.74, 6) is 0.304. The van der Waals surface area contributed by atoms with Gasteiger partial charge in [0.1, 0.15) is 10.8 Å². The summed E-state index contributed by atoms with van der Waals surface area (Å²) in [5, 5.41) is 8.24. The van der Waals surface area contributed by atoms with Gasteiger partial charge < -0.3 is 10.1 Å². The zero-order valence-electron chi connectivity index (χ0n) is 15.0.